The van der Waals surface area contributed by atoms with Gasteiger partial charge in [-0.2, -0.15) is 0 Å². The molecule has 1 aliphatic rings. The first-order valence-electron chi connectivity index (χ1n) is 5.93. The Bertz CT molecular complexity index is 481. The van der Waals surface area contributed by atoms with Gasteiger partial charge in [0.1, 0.15) is 0 Å². The average molecular weight is 249 g/mol. The average Bonchev–Trinajstić information content (AvgIpc) is 2.38. The lowest BCUT2D eigenvalue weighted by atomic mass is 10.1. The number of likely N-dealkylation sites (tertiary alicyclic amines) is 1. The van der Waals surface area contributed by atoms with Crippen LogP contribution in [0.3, 0.4) is 0 Å². The van der Waals surface area contributed by atoms with E-state index < -0.39 is 4.92 Å². The molecule has 1 saturated heterocycles. The zero-order valence-corrected chi connectivity index (χ0v) is 9.96. The van der Waals surface area contributed by atoms with E-state index in [9.17, 15) is 14.9 Å². The van der Waals surface area contributed by atoms with Crippen molar-refractivity contribution in [2.45, 2.75) is 19.3 Å². The van der Waals surface area contributed by atoms with Crippen molar-refractivity contribution in [1.82, 2.24) is 4.90 Å². The quantitative estimate of drug-likeness (QED) is 0.491. The number of nitrogen functional groups attached to an aromatic ring is 1. The number of non-ortho nitro benzene ring substituents is 1. The van der Waals surface area contributed by atoms with Crippen molar-refractivity contribution in [2.24, 2.45) is 0 Å². The number of carbonyl (C=O) groups is 1. The van der Waals surface area contributed by atoms with Crippen LogP contribution in [0.25, 0.3) is 0 Å². The third-order valence-electron chi connectivity index (χ3n) is 3.12. The van der Waals surface area contributed by atoms with Gasteiger partial charge in [0.2, 0.25) is 0 Å². The second kappa shape index (κ2) is 5.03. The highest BCUT2D eigenvalue weighted by Crippen LogP contribution is 2.22. The van der Waals surface area contributed by atoms with Gasteiger partial charge in [0, 0.05) is 25.2 Å². The zero-order chi connectivity index (χ0) is 13.1. The van der Waals surface area contributed by atoms with Crippen molar-refractivity contribution in [3.05, 3.63) is 33.9 Å². The molecule has 1 heterocycles. The van der Waals surface area contributed by atoms with Crippen molar-refractivity contribution in [3.8, 4) is 0 Å². The van der Waals surface area contributed by atoms with E-state index in [-0.39, 0.29) is 17.3 Å². The molecular formula is C12H15N3O3. The number of piperidine rings is 1. The van der Waals surface area contributed by atoms with Gasteiger partial charge in [-0.15, -0.1) is 0 Å². The van der Waals surface area contributed by atoms with Crippen LogP contribution in [-0.2, 0) is 0 Å². The third kappa shape index (κ3) is 2.42. The topological polar surface area (TPSA) is 89.5 Å². The largest absolute Gasteiger partial charge is 0.398 e. The Morgan fingerprint density at radius 2 is 1.94 bits per heavy atom. The lowest BCUT2D eigenvalue weighted by molar-refractivity contribution is -0.384. The number of carbonyl (C=O) groups excluding carboxylic acids is 1. The van der Waals surface area contributed by atoms with Crippen LogP contribution in [-0.4, -0.2) is 28.8 Å². The molecule has 2 N–H and O–H groups in total. The molecule has 2 rings (SSSR count). The van der Waals surface area contributed by atoms with E-state index in [4.69, 9.17) is 5.73 Å². The summed E-state index contributed by atoms with van der Waals surface area (Å²) in [7, 11) is 0. The van der Waals surface area contributed by atoms with Crippen LogP contribution in [0, 0.1) is 10.1 Å². The smallest absolute Gasteiger partial charge is 0.271 e. The van der Waals surface area contributed by atoms with E-state index in [0.29, 0.717) is 5.56 Å². The molecule has 0 atom stereocenters. The second-order valence-corrected chi connectivity index (χ2v) is 4.38. The summed E-state index contributed by atoms with van der Waals surface area (Å²) in [6, 6.07) is 3.98. The lowest BCUT2D eigenvalue weighted by Gasteiger charge is -2.27. The van der Waals surface area contributed by atoms with Crippen LogP contribution in [0.5, 0.6) is 0 Å². The standard InChI is InChI=1S/C12H15N3O3/c13-11-8-9(15(17)18)4-5-10(11)12(16)14-6-2-1-3-7-14/h4-5,8H,1-3,6-7,13H2. The van der Waals surface area contributed by atoms with E-state index in [1.54, 1.807) is 4.90 Å². The van der Waals surface area contributed by atoms with E-state index in [0.717, 1.165) is 32.4 Å². The number of benzene rings is 1. The molecule has 6 heteroatoms. The number of nitro benzene ring substituents is 1. The highest BCUT2D eigenvalue weighted by atomic mass is 16.6. The van der Waals surface area contributed by atoms with Gasteiger partial charge in [0.15, 0.2) is 0 Å². The van der Waals surface area contributed by atoms with E-state index in [1.165, 1.54) is 18.2 Å². The number of nitrogens with two attached hydrogens (primary N) is 1. The molecular weight excluding hydrogens is 234 g/mol. The van der Waals surface area contributed by atoms with Crippen LogP contribution >= 0.6 is 0 Å². The maximum Gasteiger partial charge on any atom is 0.271 e. The molecule has 1 aromatic rings. The van der Waals surface area contributed by atoms with Crippen molar-refractivity contribution < 1.29 is 9.72 Å². The van der Waals surface area contributed by atoms with E-state index in [1.807, 2.05) is 0 Å². The monoisotopic (exact) mass is 249 g/mol. The third-order valence-corrected chi connectivity index (χ3v) is 3.12. The summed E-state index contributed by atoms with van der Waals surface area (Å²) in [6.07, 6.45) is 3.14. The van der Waals surface area contributed by atoms with Gasteiger partial charge < -0.3 is 10.6 Å². The van der Waals surface area contributed by atoms with Gasteiger partial charge in [-0.1, -0.05) is 0 Å². The number of hydrogen-bond donors (Lipinski definition) is 1. The summed E-state index contributed by atoms with van der Waals surface area (Å²) < 4.78 is 0. The number of hydrogen-bond acceptors (Lipinski definition) is 4. The Kier molecular flexibility index (Phi) is 3.45. The second-order valence-electron chi connectivity index (χ2n) is 4.38. The van der Waals surface area contributed by atoms with Gasteiger partial charge in [-0.05, 0) is 25.3 Å². The zero-order valence-electron chi connectivity index (χ0n) is 9.96. The summed E-state index contributed by atoms with van der Waals surface area (Å²) in [6.45, 7) is 1.46. The predicted molar refractivity (Wildman–Crippen MR) is 67.3 cm³/mol. The molecule has 0 unspecified atom stereocenters. The fraction of sp³-hybridized carbons (Fsp3) is 0.417. The molecule has 96 valence electrons. The Hall–Kier alpha value is -2.11. The van der Waals surface area contributed by atoms with Crippen molar-refractivity contribution in [2.75, 3.05) is 18.8 Å². The van der Waals surface area contributed by atoms with E-state index >= 15 is 0 Å². The Labute approximate surface area is 105 Å². The first-order chi connectivity index (χ1) is 8.59. The highest BCUT2D eigenvalue weighted by molar-refractivity contribution is 5.99. The minimum atomic E-state index is -0.522. The van der Waals surface area contributed by atoms with Gasteiger partial charge in [-0.25, -0.2) is 0 Å². The summed E-state index contributed by atoms with van der Waals surface area (Å²) in [4.78, 5) is 24.0. The van der Waals surface area contributed by atoms with Crippen LogP contribution in [0.1, 0.15) is 29.6 Å². The molecule has 0 aliphatic carbocycles. The molecule has 0 aromatic heterocycles. The molecule has 1 amide bonds. The van der Waals surface area contributed by atoms with Crippen molar-refractivity contribution in [3.63, 3.8) is 0 Å². The summed E-state index contributed by atoms with van der Waals surface area (Å²) >= 11 is 0. The number of anilines is 1. The molecule has 6 nitrogen and oxygen atoms in total. The molecule has 0 spiro atoms. The number of nitrogens with zero attached hydrogens (tertiary/aromatic N) is 2. The van der Waals surface area contributed by atoms with Gasteiger partial charge in [0.25, 0.3) is 11.6 Å². The fourth-order valence-corrected chi connectivity index (χ4v) is 2.13. The maximum atomic E-state index is 12.2. The normalized spacial score (nSPS) is 15.4. The molecule has 18 heavy (non-hydrogen) atoms. The van der Waals surface area contributed by atoms with Crippen LogP contribution in [0.4, 0.5) is 11.4 Å². The minimum absolute atomic E-state index is 0.0947. The SMILES string of the molecule is Nc1cc([N+](=O)[O-])ccc1C(=O)N1CCCCC1. The lowest BCUT2D eigenvalue weighted by Crippen LogP contribution is -2.35. The fourth-order valence-electron chi connectivity index (χ4n) is 2.13. The maximum absolute atomic E-state index is 12.2. The first kappa shape index (κ1) is 12.3. The number of rotatable bonds is 2. The first-order valence-corrected chi connectivity index (χ1v) is 5.93. The molecule has 1 fully saturated rings. The van der Waals surface area contributed by atoms with Gasteiger partial charge >= 0.3 is 0 Å². The molecule has 0 radical (unpaired) electrons. The van der Waals surface area contributed by atoms with E-state index in [2.05, 4.69) is 0 Å². The highest BCUT2D eigenvalue weighted by Gasteiger charge is 2.21. The number of nitro groups is 1. The number of amides is 1. The van der Waals surface area contributed by atoms with Crippen LogP contribution in [0.2, 0.25) is 0 Å². The van der Waals surface area contributed by atoms with Gasteiger partial charge in [-0.3, -0.25) is 14.9 Å². The molecule has 1 aliphatic heterocycles. The van der Waals surface area contributed by atoms with Crippen molar-refractivity contribution in [1.29, 1.82) is 0 Å². The minimum Gasteiger partial charge on any atom is -0.398 e. The Balaban J connectivity index is 2.22. The summed E-state index contributed by atoms with van der Waals surface area (Å²) in [5.74, 6) is -0.137. The van der Waals surface area contributed by atoms with Crippen molar-refractivity contribution >= 4 is 17.3 Å². The summed E-state index contributed by atoms with van der Waals surface area (Å²) in [5.41, 5.74) is 6.14. The predicted octanol–water partition coefficient (Wildman–Crippen LogP) is 1.80. The molecule has 0 bridgehead atoms. The van der Waals surface area contributed by atoms with Gasteiger partial charge in [0.05, 0.1) is 16.2 Å². The van der Waals surface area contributed by atoms with Crippen LogP contribution < -0.4 is 5.73 Å². The molecule has 0 saturated carbocycles. The summed E-state index contributed by atoms with van der Waals surface area (Å²) in [5, 5.41) is 10.6. The Morgan fingerprint density at radius 1 is 1.28 bits per heavy atom. The Morgan fingerprint density at radius 3 is 2.50 bits per heavy atom. The van der Waals surface area contributed by atoms with Crippen LogP contribution in [0.15, 0.2) is 18.2 Å². The molecule has 1 aromatic carbocycles.